The largest absolute Gasteiger partial charge is 0.307 e. The summed E-state index contributed by atoms with van der Waals surface area (Å²) >= 11 is 0. The van der Waals surface area contributed by atoms with Crippen molar-refractivity contribution in [3.05, 3.63) is 64.2 Å². The Morgan fingerprint density at radius 3 is 2.84 bits per heavy atom. The Bertz CT molecular complexity index is 915. The van der Waals surface area contributed by atoms with E-state index in [0.717, 1.165) is 17.3 Å². The number of nitro groups is 1. The van der Waals surface area contributed by atoms with Crippen molar-refractivity contribution in [2.75, 3.05) is 5.32 Å². The third kappa shape index (κ3) is 4.05. The molecule has 0 saturated heterocycles. The number of aryl methyl sites for hydroxylation is 1. The fourth-order valence-corrected chi connectivity index (χ4v) is 2.23. The Kier molecular flexibility index (Phi) is 4.50. The van der Waals surface area contributed by atoms with Gasteiger partial charge in [-0.2, -0.15) is 5.10 Å². The molecule has 0 atom stereocenters. The third-order valence-corrected chi connectivity index (χ3v) is 3.52. The van der Waals surface area contributed by atoms with Gasteiger partial charge in [-0.1, -0.05) is 24.3 Å². The van der Waals surface area contributed by atoms with Crippen molar-refractivity contribution >= 4 is 17.5 Å². The van der Waals surface area contributed by atoms with Gasteiger partial charge >= 0.3 is 5.69 Å². The number of aromatic nitrogens is 5. The Labute approximate surface area is 142 Å². The molecule has 0 aliphatic rings. The quantitative estimate of drug-likeness (QED) is 0.534. The standard InChI is InChI=1S/C15H15N7O3/c1-11-4-2-3-5-12(11)7-21-10-16-15(19-21)18-14(23)9-20-8-13(6-17-20)22(24)25/h2-6,8,10H,7,9H2,1H3,(H,18,19,23). The number of anilines is 1. The van der Waals surface area contributed by atoms with Crippen molar-refractivity contribution < 1.29 is 9.72 Å². The zero-order chi connectivity index (χ0) is 17.8. The number of rotatable bonds is 6. The topological polar surface area (TPSA) is 121 Å². The van der Waals surface area contributed by atoms with E-state index in [-0.39, 0.29) is 18.2 Å². The van der Waals surface area contributed by atoms with Crippen molar-refractivity contribution in [3.8, 4) is 0 Å². The number of benzene rings is 1. The average Bonchev–Trinajstić information content (AvgIpc) is 3.19. The van der Waals surface area contributed by atoms with Crippen LogP contribution in [0.2, 0.25) is 0 Å². The monoisotopic (exact) mass is 341 g/mol. The lowest BCUT2D eigenvalue weighted by Crippen LogP contribution is -2.20. The van der Waals surface area contributed by atoms with E-state index in [9.17, 15) is 14.9 Å². The molecule has 0 bridgehead atoms. The summed E-state index contributed by atoms with van der Waals surface area (Å²) < 4.78 is 2.80. The molecule has 3 aromatic rings. The molecule has 3 rings (SSSR count). The van der Waals surface area contributed by atoms with E-state index in [4.69, 9.17) is 0 Å². The molecular weight excluding hydrogens is 326 g/mol. The molecule has 2 heterocycles. The van der Waals surface area contributed by atoms with Crippen molar-refractivity contribution in [1.29, 1.82) is 0 Å². The minimum Gasteiger partial charge on any atom is -0.292 e. The number of hydrogen-bond acceptors (Lipinski definition) is 6. The maximum atomic E-state index is 12.0. The zero-order valence-corrected chi connectivity index (χ0v) is 13.4. The van der Waals surface area contributed by atoms with E-state index in [0.29, 0.717) is 6.54 Å². The van der Waals surface area contributed by atoms with E-state index >= 15 is 0 Å². The summed E-state index contributed by atoms with van der Waals surface area (Å²) in [5.41, 5.74) is 2.08. The van der Waals surface area contributed by atoms with Gasteiger partial charge in [0.25, 0.3) is 0 Å². The Balaban J connectivity index is 1.59. The van der Waals surface area contributed by atoms with Crippen LogP contribution in [0.15, 0.2) is 43.0 Å². The molecule has 0 spiro atoms. The van der Waals surface area contributed by atoms with Crippen LogP contribution in [0.4, 0.5) is 11.6 Å². The fraction of sp³-hybridized carbons (Fsp3) is 0.200. The molecule has 1 aromatic carbocycles. The van der Waals surface area contributed by atoms with Gasteiger partial charge in [0, 0.05) is 0 Å². The lowest BCUT2D eigenvalue weighted by molar-refractivity contribution is -0.385. The SMILES string of the molecule is Cc1ccccc1Cn1cnc(NC(=O)Cn2cc([N+](=O)[O-])cn2)n1. The molecule has 0 fully saturated rings. The first-order chi connectivity index (χ1) is 12.0. The summed E-state index contributed by atoms with van der Waals surface area (Å²) in [6.45, 7) is 2.39. The summed E-state index contributed by atoms with van der Waals surface area (Å²) in [5, 5.41) is 21.1. The number of hydrogen-bond donors (Lipinski definition) is 1. The molecule has 10 heteroatoms. The highest BCUT2D eigenvalue weighted by molar-refractivity contribution is 5.88. The molecule has 0 aliphatic carbocycles. The predicted molar refractivity (Wildman–Crippen MR) is 87.8 cm³/mol. The number of amides is 1. The van der Waals surface area contributed by atoms with Gasteiger partial charge in [0.1, 0.15) is 25.3 Å². The maximum Gasteiger partial charge on any atom is 0.307 e. The van der Waals surface area contributed by atoms with E-state index in [1.54, 1.807) is 4.68 Å². The zero-order valence-electron chi connectivity index (χ0n) is 13.4. The van der Waals surface area contributed by atoms with Gasteiger partial charge in [-0.25, -0.2) is 9.67 Å². The molecule has 1 N–H and O–H groups in total. The highest BCUT2D eigenvalue weighted by Crippen LogP contribution is 2.10. The van der Waals surface area contributed by atoms with Crippen LogP contribution >= 0.6 is 0 Å². The smallest absolute Gasteiger partial charge is 0.292 e. The normalized spacial score (nSPS) is 10.6. The van der Waals surface area contributed by atoms with Crippen molar-refractivity contribution in [1.82, 2.24) is 24.5 Å². The predicted octanol–water partition coefficient (Wildman–Crippen LogP) is 1.38. The second kappa shape index (κ2) is 6.91. The van der Waals surface area contributed by atoms with Crippen LogP contribution in [0.3, 0.4) is 0 Å². The van der Waals surface area contributed by atoms with Crippen molar-refractivity contribution in [2.45, 2.75) is 20.0 Å². The summed E-state index contributed by atoms with van der Waals surface area (Å²) in [6, 6.07) is 7.93. The second-order valence-electron chi connectivity index (χ2n) is 5.39. The summed E-state index contributed by atoms with van der Waals surface area (Å²) in [6.07, 6.45) is 3.80. The summed E-state index contributed by atoms with van der Waals surface area (Å²) in [7, 11) is 0. The van der Waals surface area contributed by atoms with Crippen LogP contribution in [-0.4, -0.2) is 35.4 Å². The van der Waals surface area contributed by atoms with E-state index in [1.165, 1.54) is 17.2 Å². The minimum atomic E-state index is -0.573. The van der Waals surface area contributed by atoms with Gasteiger partial charge in [0.05, 0.1) is 11.5 Å². The van der Waals surface area contributed by atoms with Crippen LogP contribution in [0.25, 0.3) is 0 Å². The fourth-order valence-electron chi connectivity index (χ4n) is 2.23. The van der Waals surface area contributed by atoms with Crippen LogP contribution in [-0.2, 0) is 17.9 Å². The van der Waals surface area contributed by atoms with Gasteiger partial charge in [-0.3, -0.25) is 24.9 Å². The Morgan fingerprint density at radius 1 is 1.32 bits per heavy atom. The molecular formula is C15H15N7O3. The number of nitrogens with one attached hydrogen (secondary N) is 1. The second-order valence-corrected chi connectivity index (χ2v) is 5.39. The molecule has 2 aromatic heterocycles. The third-order valence-electron chi connectivity index (χ3n) is 3.52. The Hall–Kier alpha value is -3.56. The highest BCUT2D eigenvalue weighted by Gasteiger charge is 2.12. The maximum absolute atomic E-state index is 12.0. The van der Waals surface area contributed by atoms with Gasteiger partial charge < -0.3 is 0 Å². The molecule has 0 unspecified atom stereocenters. The summed E-state index contributed by atoms with van der Waals surface area (Å²) in [5.74, 6) is -0.258. The highest BCUT2D eigenvalue weighted by atomic mass is 16.6. The van der Waals surface area contributed by atoms with Crippen molar-refractivity contribution in [3.63, 3.8) is 0 Å². The van der Waals surface area contributed by atoms with Crippen LogP contribution in [0.5, 0.6) is 0 Å². The van der Waals surface area contributed by atoms with E-state index in [1.807, 2.05) is 31.2 Å². The van der Waals surface area contributed by atoms with Gasteiger partial charge in [-0.15, -0.1) is 5.10 Å². The lowest BCUT2D eigenvalue weighted by Gasteiger charge is -2.04. The number of carbonyl (C=O) groups excluding carboxylic acids is 1. The van der Waals surface area contributed by atoms with E-state index < -0.39 is 10.8 Å². The van der Waals surface area contributed by atoms with Crippen LogP contribution in [0.1, 0.15) is 11.1 Å². The molecule has 1 amide bonds. The number of nitrogens with zero attached hydrogens (tertiary/aromatic N) is 6. The summed E-state index contributed by atoms with van der Waals surface area (Å²) in [4.78, 5) is 26.0. The number of carbonyl (C=O) groups is 1. The molecule has 0 radical (unpaired) electrons. The molecule has 0 aliphatic heterocycles. The Morgan fingerprint density at radius 2 is 2.12 bits per heavy atom. The molecule has 128 valence electrons. The van der Waals surface area contributed by atoms with E-state index in [2.05, 4.69) is 20.5 Å². The van der Waals surface area contributed by atoms with Gasteiger partial charge in [-0.05, 0) is 18.1 Å². The van der Waals surface area contributed by atoms with Gasteiger partial charge in [0.2, 0.25) is 11.9 Å². The molecule has 25 heavy (non-hydrogen) atoms. The lowest BCUT2D eigenvalue weighted by atomic mass is 10.1. The first-order valence-electron chi connectivity index (χ1n) is 7.42. The average molecular weight is 341 g/mol. The molecule has 0 saturated carbocycles. The van der Waals surface area contributed by atoms with Gasteiger partial charge in [0.15, 0.2) is 0 Å². The molecule has 10 nitrogen and oxygen atoms in total. The first-order valence-corrected chi connectivity index (χ1v) is 7.42. The minimum absolute atomic E-state index is 0.166. The van der Waals surface area contributed by atoms with Crippen LogP contribution in [0, 0.1) is 17.0 Å². The first kappa shape index (κ1) is 16.3. The van der Waals surface area contributed by atoms with Crippen molar-refractivity contribution in [2.24, 2.45) is 0 Å². The van der Waals surface area contributed by atoms with Crippen LogP contribution < -0.4 is 5.32 Å².